The van der Waals surface area contributed by atoms with Gasteiger partial charge in [-0.2, -0.15) is 8.42 Å². The molecule has 0 fully saturated rings. The molecule has 0 aromatic rings. The Morgan fingerprint density at radius 3 is 1.41 bits per heavy atom. The Kier molecular flexibility index (Phi) is 30.0. The van der Waals surface area contributed by atoms with Crippen LogP contribution in [0.3, 0.4) is 0 Å². The van der Waals surface area contributed by atoms with E-state index in [0.717, 1.165) is 51.4 Å². The molecule has 0 aliphatic rings. The summed E-state index contributed by atoms with van der Waals surface area (Å²) in [5.74, 6) is -1.46. The normalized spacial score (nSPS) is 14.2. The van der Waals surface area contributed by atoms with Crippen molar-refractivity contribution in [2.24, 2.45) is 0 Å². The summed E-state index contributed by atoms with van der Waals surface area (Å²) < 4.78 is 32.4. The van der Waals surface area contributed by atoms with Crippen LogP contribution >= 0.6 is 0 Å². The van der Waals surface area contributed by atoms with Crippen LogP contribution in [0.5, 0.6) is 0 Å². The number of hydrogen-bond donors (Lipinski definition) is 4. The summed E-state index contributed by atoms with van der Waals surface area (Å²) in [6.45, 7) is 4.46. The number of allylic oxidation sites excluding steroid dienone is 2. The van der Waals surface area contributed by atoms with Gasteiger partial charge in [-0.1, -0.05) is 161 Å². The molecule has 0 aliphatic carbocycles. The van der Waals surface area contributed by atoms with E-state index >= 15 is 0 Å². The lowest BCUT2D eigenvalue weighted by Crippen LogP contribution is -2.50. The first-order valence-corrected chi connectivity index (χ1v) is 20.1. The second-order valence-electron chi connectivity index (χ2n) is 13.0. The molecule has 262 valence electrons. The van der Waals surface area contributed by atoms with Crippen LogP contribution in [0, 0.1) is 0 Å². The average molecular weight is 646 g/mol. The Labute approximate surface area is 272 Å². The van der Waals surface area contributed by atoms with E-state index in [4.69, 9.17) is 0 Å². The minimum Gasteiger partial charge on any atom is -0.391 e. The number of unbranched alkanes of at least 4 members (excludes halogenated alkanes) is 22. The van der Waals surface area contributed by atoms with Crippen molar-refractivity contribution in [1.29, 1.82) is 0 Å². The molecule has 7 nitrogen and oxygen atoms in total. The summed E-state index contributed by atoms with van der Waals surface area (Å²) >= 11 is 0. The van der Waals surface area contributed by atoms with Crippen molar-refractivity contribution < 1.29 is 28.0 Å². The molecule has 0 heterocycles. The van der Waals surface area contributed by atoms with Gasteiger partial charge in [0.15, 0.2) is 0 Å². The van der Waals surface area contributed by atoms with Gasteiger partial charge in [0.2, 0.25) is 5.91 Å². The molecule has 4 N–H and O–H groups in total. The molecule has 8 heteroatoms. The number of aliphatic hydroxyl groups is 2. The summed E-state index contributed by atoms with van der Waals surface area (Å²) in [4.78, 5) is 12.5. The molecule has 0 rings (SSSR count). The van der Waals surface area contributed by atoms with Gasteiger partial charge in [-0.3, -0.25) is 9.35 Å². The Morgan fingerprint density at radius 2 is 0.955 bits per heavy atom. The van der Waals surface area contributed by atoms with Crippen LogP contribution in [0.25, 0.3) is 0 Å². The quantitative estimate of drug-likeness (QED) is 0.0320. The SMILES string of the molecule is CCCCC/C=C\CCCCCCC(O)C(=O)NC(CS(=O)(=O)O)C(O)CCCCCCCCCCCCCCCCCC. The molecule has 0 aromatic heterocycles. The van der Waals surface area contributed by atoms with Gasteiger partial charge >= 0.3 is 0 Å². The third kappa shape index (κ3) is 29.7. The predicted molar refractivity (Wildman–Crippen MR) is 186 cm³/mol. The van der Waals surface area contributed by atoms with Crippen LogP contribution in [0.15, 0.2) is 12.2 Å². The molecule has 0 saturated heterocycles. The van der Waals surface area contributed by atoms with Gasteiger partial charge in [-0.05, 0) is 38.5 Å². The molecular weight excluding hydrogens is 574 g/mol. The Balaban J connectivity index is 4.04. The number of aliphatic hydroxyl groups excluding tert-OH is 2. The maximum Gasteiger partial charge on any atom is 0.266 e. The molecule has 0 aromatic carbocycles. The zero-order valence-electron chi connectivity index (χ0n) is 28.7. The molecule has 0 saturated carbocycles. The zero-order valence-corrected chi connectivity index (χ0v) is 29.5. The van der Waals surface area contributed by atoms with E-state index in [1.54, 1.807) is 0 Å². The van der Waals surface area contributed by atoms with Gasteiger partial charge in [0.05, 0.1) is 17.9 Å². The average Bonchev–Trinajstić information content (AvgIpc) is 2.98. The van der Waals surface area contributed by atoms with Crippen molar-refractivity contribution in [3.63, 3.8) is 0 Å². The van der Waals surface area contributed by atoms with Crippen molar-refractivity contribution in [1.82, 2.24) is 5.32 Å². The lowest BCUT2D eigenvalue weighted by atomic mass is 10.0. The number of hydrogen-bond acceptors (Lipinski definition) is 5. The molecule has 44 heavy (non-hydrogen) atoms. The highest BCUT2D eigenvalue weighted by Crippen LogP contribution is 2.16. The van der Waals surface area contributed by atoms with Crippen molar-refractivity contribution in [2.75, 3.05) is 5.75 Å². The maximum absolute atomic E-state index is 12.5. The largest absolute Gasteiger partial charge is 0.391 e. The van der Waals surface area contributed by atoms with Crippen LogP contribution in [0.1, 0.15) is 187 Å². The number of nitrogens with one attached hydrogen (secondary N) is 1. The van der Waals surface area contributed by atoms with Crippen LogP contribution in [0.4, 0.5) is 0 Å². The van der Waals surface area contributed by atoms with Gasteiger partial charge in [-0.25, -0.2) is 0 Å². The topological polar surface area (TPSA) is 124 Å². The molecule has 3 atom stereocenters. The maximum atomic E-state index is 12.5. The molecule has 0 aliphatic heterocycles. The fourth-order valence-electron chi connectivity index (χ4n) is 5.69. The molecular formula is C36H71NO6S. The first-order valence-electron chi connectivity index (χ1n) is 18.5. The standard InChI is InChI=1S/C36H71NO6S/c1-3-5-7-9-11-13-15-16-17-18-19-21-22-24-26-28-30-34(38)33(32-44(41,42)43)37-36(40)35(39)31-29-27-25-23-20-14-12-10-8-6-4-2/h12,14,33-35,38-39H,3-11,13,15-32H2,1-2H3,(H,37,40)(H,41,42,43)/b14-12-. The lowest BCUT2D eigenvalue weighted by molar-refractivity contribution is -0.131. The van der Waals surface area contributed by atoms with Crippen LogP contribution in [-0.4, -0.2) is 53.1 Å². The predicted octanol–water partition coefficient (Wildman–Crippen LogP) is 9.21. The molecule has 0 bridgehead atoms. The van der Waals surface area contributed by atoms with E-state index in [2.05, 4.69) is 31.3 Å². The third-order valence-electron chi connectivity index (χ3n) is 8.58. The first kappa shape index (κ1) is 43.0. The van der Waals surface area contributed by atoms with Crippen LogP contribution < -0.4 is 5.32 Å². The van der Waals surface area contributed by atoms with Gasteiger partial charge in [0.25, 0.3) is 10.1 Å². The monoisotopic (exact) mass is 646 g/mol. The summed E-state index contributed by atoms with van der Waals surface area (Å²) in [7, 11) is -4.40. The minimum absolute atomic E-state index is 0.284. The summed E-state index contributed by atoms with van der Waals surface area (Å²) in [6, 6.07) is -1.15. The highest BCUT2D eigenvalue weighted by Gasteiger charge is 2.28. The van der Waals surface area contributed by atoms with E-state index in [1.807, 2.05) is 0 Å². The molecule has 3 unspecified atom stereocenters. The Morgan fingerprint density at radius 1 is 0.591 bits per heavy atom. The number of carbonyl (C=O) groups excluding carboxylic acids is 1. The van der Waals surface area contributed by atoms with E-state index in [9.17, 15) is 28.0 Å². The zero-order chi connectivity index (χ0) is 32.7. The van der Waals surface area contributed by atoms with Crippen molar-refractivity contribution in [3.05, 3.63) is 12.2 Å². The first-order chi connectivity index (χ1) is 21.2. The second-order valence-corrected chi connectivity index (χ2v) is 14.5. The van der Waals surface area contributed by atoms with E-state index in [-0.39, 0.29) is 6.42 Å². The van der Waals surface area contributed by atoms with E-state index < -0.39 is 40.0 Å². The summed E-state index contributed by atoms with van der Waals surface area (Å²) in [6.07, 6.45) is 32.3. The van der Waals surface area contributed by atoms with Gasteiger partial charge in [0.1, 0.15) is 6.10 Å². The highest BCUT2D eigenvalue weighted by molar-refractivity contribution is 7.85. The number of rotatable bonds is 33. The highest BCUT2D eigenvalue weighted by atomic mass is 32.2. The van der Waals surface area contributed by atoms with Crippen molar-refractivity contribution in [2.45, 2.75) is 205 Å². The van der Waals surface area contributed by atoms with E-state index in [1.165, 1.54) is 96.3 Å². The number of carbonyl (C=O) groups is 1. The fraction of sp³-hybridized carbons (Fsp3) is 0.917. The molecule has 0 radical (unpaired) electrons. The summed E-state index contributed by atoms with van der Waals surface area (Å²) in [5, 5.41) is 23.4. The third-order valence-corrected chi connectivity index (χ3v) is 9.36. The van der Waals surface area contributed by atoms with Crippen molar-refractivity contribution >= 4 is 16.0 Å². The minimum atomic E-state index is -4.40. The van der Waals surface area contributed by atoms with Gasteiger partial charge < -0.3 is 15.5 Å². The summed E-state index contributed by atoms with van der Waals surface area (Å²) in [5.41, 5.74) is 0. The lowest BCUT2D eigenvalue weighted by Gasteiger charge is -2.24. The van der Waals surface area contributed by atoms with Crippen LogP contribution in [-0.2, 0) is 14.9 Å². The van der Waals surface area contributed by atoms with Gasteiger partial charge in [-0.15, -0.1) is 0 Å². The Hall–Kier alpha value is -0.960. The van der Waals surface area contributed by atoms with Gasteiger partial charge in [0, 0.05) is 0 Å². The van der Waals surface area contributed by atoms with Crippen LogP contribution in [0.2, 0.25) is 0 Å². The molecule has 1 amide bonds. The fourth-order valence-corrected chi connectivity index (χ4v) is 6.45. The van der Waals surface area contributed by atoms with Crippen molar-refractivity contribution in [3.8, 4) is 0 Å². The number of amides is 1. The Bertz CT molecular complexity index is 773. The smallest absolute Gasteiger partial charge is 0.266 e. The second kappa shape index (κ2) is 30.7. The van der Waals surface area contributed by atoms with E-state index in [0.29, 0.717) is 19.3 Å². The molecule has 0 spiro atoms.